The standard InChI is InChI=1S/C13H15N3/c1-2-6-10(7-3-1)14-13-15-11-8-4-5-9-12(11)16-13/h1-2,4-5,8-10H,3,6-7H2,(H2,14,15,16). The van der Waals surface area contributed by atoms with Gasteiger partial charge in [-0.2, -0.15) is 0 Å². The maximum absolute atomic E-state index is 4.52. The average molecular weight is 213 g/mol. The van der Waals surface area contributed by atoms with E-state index in [-0.39, 0.29) is 0 Å². The predicted octanol–water partition coefficient (Wildman–Crippen LogP) is 3.08. The van der Waals surface area contributed by atoms with Crippen molar-refractivity contribution in [2.75, 3.05) is 5.32 Å². The van der Waals surface area contributed by atoms with E-state index >= 15 is 0 Å². The lowest BCUT2D eigenvalue weighted by Crippen LogP contribution is -2.20. The van der Waals surface area contributed by atoms with E-state index in [0.29, 0.717) is 6.04 Å². The molecule has 3 nitrogen and oxygen atoms in total. The van der Waals surface area contributed by atoms with Gasteiger partial charge in [0.15, 0.2) is 0 Å². The summed E-state index contributed by atoms with van der Waals surface area (Å²) in [4.78, 5) is 7.81. The molecule has 0 saturated heterocycles. The molecule has 3 heteroatoms. The van der Waals surface area contributed by atoms with Crippen LogP contribution in [0, 0.1) is 0 Å². The van der Waals surface area contributed by atoms with Gasteiger partial charge < -0.3 is 10.3 Å². The first-order valence-corrected chi connectivity index (χ1v) is 5.78. The topological polar surface area (TPSA) is 40.7 Å². The fourth-order valence-electron chi connectivity index (χ4n) is 2.14. The Hall–Kier alpha value is -1.77. The van der Waals surface area contributed by atoms with Crippen molar-refractivity contribution in [3.63, 3.8) is 0 Å². The fraction of sp³-hybridized carbons (Fsp3) is 0.308. The van der Waals surface area contributed by atoms with Crippen LogP contribution in [0.2, 0.25) is 0 Å². The summed E-state index contributed by atoms with van der Waals surface area (Å²) in [5.74, 6) is 0.890. The SMILES string of the molecule is C1=CCC(Nc2nc3ccccc3[nH]2)CC1. The number of hydrogen-bond donors (Lipinski definition) is 2. The van der Waals surface area contributed by atoms with E-state index in [4.69, 9.17) is 0 Å². The van der Waals surface area contributed by atoms with E-state index in [1.54, 1.807) is 0 Å². The molecule has 0 fully saturated rings. The van der Waals surface area contributed by atoms with Gasteiger partial charge >= 0.3 is 0 Å². The molecule has 0 radical (unpaired) electrons. The molecule has 0 spiro atoms. The van der Waals surface area contributed by atoms with Crippen LogP contribution >= 0.6 is 0 Å². The number of aromatic amines is 1. The summed E-state index contributed by atoms with van der Waals surface area (Å²) in [6.07, 6.45) is 7.93. The predicted molar refractivity (Wildman–Crippen MR) is 66.5 cm³/mol. The Balaban J connectivity index is 1.81. The number of nitrogens with one attached hydrogen (secondary N) is 2. The molecule has 1 aliphatic rings. The molecule has 82 valence electrons. The molecule has 0 aliphatic heterocycles. The van der Waals surface area contributed by atoms with Crippen LogP contribution in [0.25, 0.3) is 11.0 Å². The zero-order valence-corrected chi connectivity index (χ0v) is 9.11. The summed E-state index contributed by atoms with van der Waals surface area (Å²) in [5.41, 5.74) is 2.12. The molecule has 16 heavy (non-hydrogen) atoms. The van der Waals surface area contributed by atoms with Gasteiger partial charge in [0.25, 0.3) is 0 Å². The van der Waals surface area contributed by atoms with Crippen LogP contribution in [0.15, 0.2) is 36.4 Å². The quantitative estimate of drug-likeness (QED) is 0.753. The summed E-state index contributed by atoms with van der Waals surface area (Å²) in [5, 5.41) is 3.45. The van der Waals surface area contributed by atoms with Crippen molar-refractivity contribution >= 4 is 17.0 Å². The number of nitrogens with zero attached hydrogens (tertiary/aromatic N) is 1. The molecule has 1 aromatic heterocycles. The Kier molecular flexibility index (Phi) is 2.37. The van der Waals surface area contributed by atoms with Crippen LogP contribution in [0.5, 0.6) is 0 Å². The minimum absolute atomic E-state index is 0.519. The third kappa shape index (κ3) is 1.81. The number of anilines is 1. The van der Waals surface area contributed by atoms with Gasteiger partial charge in [0.1, 0.15) is 0 Å². The van der Waals surface area contributed by atoms with E-state index in [2.05, 4.69) is 27.4 Å². The summed E-state index contributed by atoms with van der Waals surface area (Å²) in [6.45, 7) is 0. The average Bonchev–Trinajstić information content (AvgIpc) is 2.72. The fourth-order valence-corrected chi connectivity index (χ4v) is 2.14. The molecule has 2 N–H and O–H groups in total. The second-order valence-corrected chi connectivity index (χ2v) is 4.23. The number of H-pyrrole nitrogens is 1. The Morgan fingerprint density at radius 1 is 1.25 bits per heavy atom. The highest BCUT2D eigenvalue weighted by molar-refractivity contribution is 5.77. The van der Waals surface area contributed by atoms with Gasteiger partial charge in [-0.25, -0.2) is 4.98 Å². The molecule has 1 atom stereocenters. The van der Waals surface area contributed by atoms with Gasteiger partial charge in [-0.15, -0.1) is 0 Å². The molecule has 2 aromatic rings. The summed E-state index contributed by atoms with van der Waals surface area (Å²) in [6, 6.07) is 8.63. The van der Waals surface area contributed by atoms with Gasteiger partial charge in [-0.3, -0.25) is 0 Å². The lowest BCUT2D eigenvalue weighted by atomic mass is 10.0. The molecule has 0 saturated carbocycles. The van der Waals surface area contributed by atoms with Crippen molar-refractivity contribution in [3.8, 4) is 0 Å². The van der Waals surface area contributed by atoms with Gasteiger partial charge in [0, 0.05) is 6.04 Å². The van der Waals surface area contributed by atoms with E-state index in [9.17, 15) is 0 Å². The smallest absolute Gasteiger partial charge is 0.201 e. The van der Waals surface area contributed by atoms with Gasteiger partial charge in [0.05, 0.1) is 11.0 Å². The highest BCUT2D eigenvalue weighted by Crippen LogP contribution is 2.18. The normalized spacial score (nSPS) is 20.1. The molecule has 1 aromatic carbocycles. The van der Waals surface area contributed by atoms with Crippen LogP contribution in [-0.4, -0.2) is 16.0 Å². The van der Waals surface area contributed by atoms with Gasteiger partial charge in [-0.05, 0) is 31.4 Å². The highest BCUT2D eigenvalue weighted by Gasteiger charge is 2.11. The number of fused-ring (bicyclic) bond motifs is 1. The second kappa shape index (κ2) is 4.00. The van der Waals surface area contributed by atoms with Crippen molar-refractivity contribution in [2.24, 2.45) is 0 Å². The molecular weight excluding hydrogens is 198 g/mol. The van der Waals surface area contributed by atoms with E-state index < -0.39 is 0 Å². The van der Waals surface area contributed by atoms with Crippen LogP contribution in [0.4, 0.5) is 5.95 Å². The molecule has 0 amide bonds. The molecule has 0 bridgehead atoms. The zero-order valence-electron chi connectivity index (χ0n) is 9.11. The number of imidazole rings is 1. The van der Waals surface area contributed by atoms with Gasteiger partial charge in [-0.1, -0.05) is 24.3 Å². The highest BCUT2D eigenvalue weighted by atomic mass is 15.1. The first-order valence-electron chi connectivity index (χ1n) is 5.78. The van der Waals surface area contributed by atoms with Crippen LogP contribution in [0.3, 0.4) is 0 Å². The Morgan fingerprint density at radius 2 is 2.19 bits per heavy atom. The van der Waals surface area contributed by atoms with Crippen LogP contribution < -0.4 is 5.32 Å². The number of benzene rings is 1. The van der Waals surface area contributed by atoms with Crippen molar-refractivity contribution in [2.45, 2.75) is 25.3 Å². The second-order valence-electron chi connectivity index (χ2n) is 4.23. The molecule has 3 rings (SSSR count). The number of allylic oxidation sites excluding steroid dienone is 1. The van der Waals surface area contributed by atoms with E-state index in [0.717, 1.165) is 29.8 Å². The van der Waals surface area contributed by atoms with E-state index in [1.807, 2.05) is 24.3 Å². The summed E-state index contributed by atoms with van der Waals surface area (Å²) < 4.78 is 0. The number of hydrogen-bond acceptors (Lipinski definition) is 2. The largest absolute Gasteiger partial charge is 0.353 e. The lowest BCUT2D eigenvalue weighted by molar-refractivity contribution is 0.640. The zero-order chi connectivity index (χ0) is 10.8. The van der Waals surface area contributed by atoms with Crippen LogP contribution in [0.1, 0.15) is 19.3 Å². The Bertz CT molecular complexity index is 480. The Labute approximate surface area is 94.6 Å². The Morgan fingerprint density at radius 3 is 3.00 bits per heavy atom. The van der Waals surface area contributed by atoms with E-state index in [1.165, 1.54) is 6.42 Å². The van der Waals surface area contributed by atoms with Crippen molar-refractivity contribution in [1.29, 1.82) is 0 Å². The third-order valence-electron chi connectivity index (χ3n) is 3.00. The number of para-hydroxylation sites is 2. The summed E-state index contributed by atoms with van der Waals surface area (Å²) >= 11 is 0. The molecule has 1 aliphatic carbocycles. The minimum atomic E-state index is 0.519. The van der Waals surface area contributed by atoms with Gasteiger partial charge in [0.2, 0.25) is 5.95 Å². The third-order valence-corrected chi connectivity index (χ3v) is 3.00. The number of aromatic nitrogens is 2. The monoisotopic (exact) mass is 213 g/mol. The number of rotatable bonds is 2. The first kappa shape index (κ1) is 9.46. The maximum atomic E-state index is 4.52. The molecular formula is C13H15N3. The van der Waals surface area contributed by atoms with Crippen molar-refractivity contribution in [3.05, 3.63) is 36.4 Å². The minimum Gasteiger partial charge on any atom is -0.353 e. The van der Waals surface area contributed by atoms with Crippen molar-refractivity contribution in [1.82, 2.24) is 9.97 Å². The molecule has 1 unspecified atom stereocenters. The maximum Gasteiger partial charge on any atom is 0.201 e. The lowest BCUT2D eigenvalue weighted by Gasteiger charge is -2.18. The first-order chi connectivity index (χ1) is 7.92. The summed E-state index contributed by atoms with van der Waals surface area (Å²) in [7, 11) is 0. The van der Waals surface area contributed by atoms with Crippen LogP contribution in [-0.2, 0) is 0 Å². The molecule has 1 heterocycles. The van der Waals surface area contributed by atoms with Crippen molar-refractivity contribution < 1.29 is 0 Å².